The summed E-state index contributed by atoms with van der Waals surface area (Å²) in [7, 11) is 0. The van der Waals surface area contributed by atoms with Crippen LogP contribution in [0.1, 0.15) is 158 Å². The molecular formula is C56H85ClN2O4. The van der Waals surface area contributed by atoms with E-state index in [-0.39, 0.29) is 23.4 Å². The lowest BCUT2D eigenvalue weighted by Crippen LogP contribution is -2.52. The van der Waals surface area contributed by atoms with E-state index in [0.717, 1.165) is 86.6 Å². The van der Waals surface area contributed by atoms with Gasteiger partial charge in [-0.2, -0.15) is 0 Å². The van der Waals surface area contributed by atoms with E-state index in [1.54, 1.807) is 33.4 Å². The van der Waals surface area contributed by atoms with E-state index in [1.807, 2.05) is 0 Å². The maximum atomic E-state index is 10.3. The zero-order valence-electron chi connectivity index (χ0n) is 40.6. The Morgan fingerprint density at radius 2 is 1.22 bits per heavy atom. The summed E-state index contributed by atoms with van der Waals surface area (Å²) in [6.45, 7) is 22.9. The number of aliphatic hydroxyl groups excluding tert-OH is 2. The topological polar surface area (TPSA) is 74.2 Å². The highest BCUT2D eigenvalue weighted by Crippen LogP contribution is 2.67. The van der Waals surface area contributed by atoms with E-state index >= 15 is 0 Å². The maximum Gasteiger partial charge on any atom is 0.0937 e. The first-order valence-electron chi connectivity index (χ1n) is 26.7. The molecular weight excluding hydrogens is 800 g/mol. The number of alkyl halides is 1. The summed E-state index contributed by atoms with van der Waals surface area (Å²) in [6.07, 6.45) is 24.1. The van der Waals surface area contributed by atoms with Crippen molar-refractivity contribution in [2.75, 3.05) is 25.5 Å². The van der Waals surface area contributed by atoms with Crippen LogP contribution in [-0.2, 0) is 9.47 Å². The Kier molecular flexibility index (Phi) is 11.3. The van der Waals surface area contributed by atoms with Gasteiger partial charge in [-0.3, -0.25) is 4.90 Å². The Morgan fingerprint density at radius 1 is 0.698 bits per heavy atom. The zero-order chi connectivity index (χ0) is 44.0. The van der Waals surface area contributed by atoms with Crippen LogP contribution in [0.2, 0.25) is 0 Å². The number of piperidine rings is 2. The molecule has 4 heterocycles. The minimum atomic E-state index is -0.122. The highest BCUT2D eigenvalue weighted by molar-refractivity contribution is 6.18. The maximum absolute atomic E-state index is 10.3. The molecule has 12 rings (SSSR count). The van der Waals surface area contributed by atoms with Crippen LogP contribution in [0, 0.1) is 70.0 Å². The van der Waals surface area contributed by atoms with E-state index in [0.29, 0.717) is 58.8 Å². The predicted octanol–water partition coefficient (Wildman–Crippen LogP) is 11.0. The second kappa shape index (κ2) is 16.0. The number of fused-ring (bicyclic) bond motifs is 12. The van der Waals surface area contributed by atoms with E-state index in [2.05, 4.69) is 77.8 Å². The summed E-state index contributed by atoms with van der Waals surface area (Å²) in [6, 6.07) is 1.05. The fourth-order valence-corrected chi connectivity index (χ4v) is 19.1. The third-order valence-corrected chi connectivity index (χ3v) is 22.5. The third kappa shape index (κ3) is 6.63. The predicted molar refractivity (Wildman–Crippen MR) is 254 cm³/mol. The minimum Gasteiger partial charge on any atom is -0.393 e. The Labute approximate surface area is 386 Å². The molecule has 8 aliphatic carbocycles. The number of allylic oxidation sites excluding steroid dienone is 4. The highest BCUT2D eigenvalue weighted by Gasteiger charge is 2.63. The lowest BCUT2D eigenvalue weighted by Gasteiger charge is -2.49. The number of hydrogen-bond acceptors (Lipinski definition) is 6. The van der Waals surface area contributed by atoms with Crippen LogP contribution in [0.4, 0.5) is 0 Å². The van der Waals surface area contributed by atoms with Crippen molar-refractivity contribution < 1.29 is 19.7 Å². The smallest absolute Gasteiger partial charge is 0.0937 e. The molecule has 12 aliphatic rings. The number of aliphatic hydroxyl groups is 2. The van der Waals surface area contributed by atoms with E-state index in [1.165, 1.54) is 77.2 Å². The average molecular weight is 886 g/mol. The molecule has 0 bridgehead atoms. The summed E-state index contributed by atoms with van der Waals surface area (Å²) < 4.78 is 14.2. The van der Waals surface area contributed by atoms with Crippen LogP contribution in [-0.4, -0.2) is 88.3 Å². The number of ether oxygens (including phenoxy) is 2. The molecule has 20 atom stereocenters. The van der Waals surface area contributed by atoms with Crippen molar-refractivity contribution in [3.05, 3.63) is 45.6 Å². The molecule has 4 saturated carbocycles. The molecule has 8 fully saturated rings. The van der Waals surface area contributed by atoms with Gasteiger partial charge in [0.1, 0.15) is 0 Å². The fraction of sp³-hybridized carbons (Fsp3) is 0.857. The molecule has 63 heavy (non-hydrogen) atoms. The first-order chi connectivity index (χ1) is 30.1. The van der Waals surface area contributed by atoms with Crippen molar-refractivity contribution in [3.63, 3.8) is 0 Å². The molecule has 7 heteroatoms. The molecule has 2 spiro atoms. The fourth-order valence-electron chi connectivity index (χ4n) is 18.9. The van der Waals surface area contributed by atoms with E-state index in [9.17, 15) is 10.2 Å². The van der Waals surface area contributed by atoms with Gasteiger partial charge in [-0.05, 0) is 192 Å². The van der Waals surface area contributed by atoms with Crippen molar-refractivity contribution in [1.29, 1.82) is 0 Å². The molecule has 0 amide bonds. The van der Waals surface area contributed by atoms with Crippen LogP contribution in [0.5, 0.6) is 0 Å². The Bertz CT molecular complexity index is 1940. The number of rotatable bonds is 2. The standard InChI is InChI=1S/C29H44ClNO2.C27H41NO2/c1-17-13-26-27(31(16-17)12-11-30)19(3)29(33-26)10-8-22-23-6-5-20-14-21(32)7-9-28(20,4)25(23)15-24(22)18(29)2;1-15-11-24-25(28-14-15)17(3)27(30-24)10-8-20-21-6-5-18-12-19(29)7-9-26(18,4)23(21)13-22(20)16(27)2/h5,17,19,21-23,25-27,32H,6-16H2,1-4H3;5,15,17,19-21,23-25,28-29H,6-14H2,1-4H3/t17-,19+,21-,22-,23-,25-,26+,27-,28-,29-;15-,17+,19-,20-,21-,23-,24+,25-,26-,27-/m00/s1. The monoisotopic (exact) mass is 885 g/mol. The lowest BCUT2D eigenvalue weighted by atomic mass is 9.56. The number of nitrogens with zero attached hydrogens (tertiary/aromatic N) is 1. The Hall–Kier alpha value is -0.990. The molecule has 4 aliphatic heterocycles. The normalized spacial score (nSPS) is 53.3. The summed E-state index contributed by atoms with van der Waals surface area (Å²) in [5, 5.41) is 24.4. The van der Waals surface area contributed by atoms with Crippen LogP contribution < -0.4 is 5.32 Å². The number of nitrogens with one attached hydrogen (secondary N) is 1. The van der Waals surface area contributed by atoms with Gasteiger partial charge in [0.25, 0.3) is 0 Å². The largest absolute Gasteiger partial charge is 0.393 e. The Morgan fingerprint density at radius 3 is 1.78 bits per heavy atom. The molecule has 3 N–H and O–H groups in total. The molecule has 6 nitrogen and oxygen atoms in total. The SMILES string of the molecule is CC1=C2C[C@H]3[C@@H](CC=C4C[C@@H](O)CC[C@@]43C)[C@@H]2CC[C@]12O[C@@H]1C[C@H](C)CN(CCCl)[C@H]1[C@H]2C.CC1=C2C[C@H]3[C@@H](CC=C4C[C@@H](O)CC[C@@]43C)[C@@H]2CC[C@]12O[C@@H]1C[C@H](C)CN[C@H]1[C@H]2C. The van der Waals surface area contributed by atoms with Crippen LogP contribution >= 0.6 is 11.6 Å². The van der Waals surface area contributed by atoms with Gasteiger partial charge in [-0.25, -0.2) is 0 Å². The quantitative estimate of drug-likeness (QED) is 0.190. The molecule has 0 aromatic carbocycles. The lowest BCUT2D eigenvalue weighted by molar-refractivity contribution is -0.0643. The first kappa shape index (κ1) is 44.5. The number of hydrogen-bond donors (Lipinski definition) is 3. The second-order valence-corrected chi connectivity index (χ2v) is 25.4. The van der Waals surface area contributed by atoms with Gasteiger partial charge >= 0.3 is 0 Å². The third-order valence-electron chi connectivity index (χ3n) is 22.3. The van der Waals surface area contributed by atoms with Crippen LogP contribution in [0.15, 0.2) is 45.6 Å². The minimum absolute atomic E-state index is 0.0222. The van der Waals surface area contributed by atoms with Gasteiger partial charge in [0, 0.05) is 42.9 Å². The van der Waals surface area contributed by atoms with Gasteiger partial charge in [-0.1, -0.05) is 76.0 Å². The average Bonchev–Trinajstić information content (AvgIpc) is 3.98. The van der Waals surface area contributed by atoms with Crippen molar-refractivity contribution in [2.45, 2.75) is 206 Å². The van der Waals surface area contributed by atoms with Crippen molar-refractivity contribution >= 4 is 11.6 Å². The highest BCUT2D eigenvalue weighted by atomic mass is 35.5. The van der Waals surface area contributed by atoms with Gasteiger partial charge in [-0.15, -0.1) is 11.6 Å². The molecule has 0 radical (unpaired) electrons. The number of likely N-dealkylation sites (tertiary alicyclic amines) is 1. The van der Waals surface area contributed by atoms with Crippen LogP contribution in [0.3, 0.4) is 0 Å². The van der Waals surface area contributed by atoms with Crippen molar-refractivity contribution in [3.8, 4) is 0 Å². The van der Waals surface area contributed by atoms with Crippen molar-refractivity contribution in [2.24, 2.45) is 70.0 Å². The molecule has 350 valence electrons. The van der Waals surface area contributed by atoms with Gasteiger partial charge < -0.3 is 25.0 Å². The van der Waals surface area contributed by atoms with E-state index < -0.39 is 0 Å². The van der Waals surface area contributed by atoms with Gasteiger partial charge in [0.05, 0.1) is 35.6 Å². The van der Waals surface area contributed by atoms with Gasteiger partial charge in [0.2, 0.25) is 0 Å². The molecule has 0 aromatic rings. The van der Waals surface area contributed by atoms with E-state index in [4.69, 9.17) is 21.1 Å². The van der Waals surface area contributed by atoms with Gasteiger partial charge in [0.15, 0.2) is 0 Å². The Balaban J connectivity index is 0.000000142. The zero-order valence-corrected chi connectivity index (χ0v) is 41.3. The molecule has 0 unspecified atom stereocenters. The second-order valence-electron chi connectivity index (χ2n) is 25.1. The molecule has 4 saturated heterocycles. The number of halogens is 1. The first-order valence-corrected chi connectivity index (χ1v) is 27.2. The van der Waals surface area contributed by atoms with Crippen LogP contribution in [0.25, 0.3) is 0 Å². The van der Waals surface area contributed by atoms with Crippen molar-refractivity contribution in [1.82, 2.24) is 10.2 Å². The summed E-state index contributed by atoms with van der Waals surface area (Å²) >= 11 is 6.24. The molecule has 0 aromatic heterocycles. The summed E-state index contributed by atoms with van der Waals surface area (Å²) in [4.78, 5) is 2.66. The summed E-state index contributed by atoms with van der Waals surface area (Å²) in [5.41, 5.74) is 10.4. The summed E-state index contributed by atoms with van der Waals surface area (Å²) in [5.74, 6) is 7.86.